The largest absolute Gasteiger partial charge is 0.493 e. The Morgan fingerprint density at radius 2 is 1.85 bits per heavy atom. The summed E-state index contributed by atoms with van der Waals surface area (Å²) in [5, 5.41) is 5.14. The van der Waals surface area contributed by atoms with Gasteiger partial charge in [-0.15, -0.1) is 0 Å². The smallest absolute Gasteiger partial charge is 0.387 e. The van der Waals surface area contributed by atoms with Gasteiger partial charge in [-0.3, -0.25) is 14.5 Å². The molecule has 3 rings (SSSR count). The molecule has 1 fully saturated rings. The number of hydrogen-bond acceptors (Lipinski definition) is 5. The SMILES string of the molecule is COc1cc(CCNC(=O)CN2C(=O)NC(C)(c3ccc(F)cc3)C2=O)ccc1OC(F)F. The molecular weight excluding hydrogens is 443 g/mol. The third-order valence-corrected chi connectivity index (χ3v) is 5.18. The summed E-state index contributed by atoms with van der Waals surface area (Å²) in [5.41, 5.74) is -0.338. The van der Waals surface area contributed by atoms with Crippen LogP contribution in [0.15, 0.2) is 42.5 Å². The Hall–Kier alpha value is -3.76. The molecule has 11 heteroatoms. The van der Waals surface area contributed by atoms with Crippen molar-refractivity contribution in [3.63, 3.8) is 0 Å². The lowest BCUT2D eigenvalue weighted by molar-refractivity contribution is -0.134. The highest BCUT2D eigenvalue weighted by Crippen LogP contribution is 2.30. The number of benzene rings is 2. The monoisotopic (exact) mass is 465 g/mol. The van der Waals surface area contributed by atoms with Crippen LogP contribution in [0.2, 0.25) is 0 Å². The van der Waals surface area contributed by atoms with Crippen molar-refractivity contribution in [1.29, 1.82) is 0 Å². The summed E-state index contributed by atoms with van der Waals surface area (Å²) in [5.74, 6) is -1.66. The molecule has 1 aliphatic rings. The molecule has 4 amide bonds. The van der Waals surface area contributed by atoms with E-state index in [0.29, 0.717) is 17.5 Å². The van der Waals surface area contributed by atoms with Crippen LogP contribution in [0.3, 0.4) is 0 Å². The lowest BCUT2D eigenvalue weighted by Gasteiger charge is -2.22. The highest BCUT2D eigenvalue weighted by Gasteiger charge is 2.49. The summed E-state index contributed by atoms with van der Waals surface area (Å²) in [6.07, 6.45) is 0.338. The molecule has 33 heavy (non-hydrogen) atoms. The fourth-order valence-electron chi connectivity index (χ4n) is 3.43. The zero-order valence-corrected chi connectivity index (χ0v) is 17.9. The van der Waals surface area contributed by atoms with Gasteiger partial charge in [0.15, 0.2) is 11.5 Å². The zero-order chi connectivity index (χ0) is 24.2. The molecule has 8 nitrogen and oxygen atoms in total. The van der Waals surface area contributed by atoms with Crippen LogP contribution in [0.1, 0.15) is 18.1 Å². The molecule has 2 N–H and O–H groups in total. The Morgan fingerprint density at radius 1 is 1.15 bits per heavy atom. The molecule has 0 bridgehead atoms. The zero-order valence-electron chi connectivity index (χ0n) is 17.9. The van der Waals surface area contributed by atoms with Crippen LogP contribution in [-0.2, 0) is 21.5 Å². The van der Waals surface area contributed by atoms with Crippen molar-refractivity contribution in [2.24, 2.45) is 0 Å². The van der Waals surface area contributed by atoms with Gasteiger partial charge in [0.2, 0.25) is 5.91 Å². The molecular formula is C22H22F3N3O5. The highest BCUT2D eigenvalue weighted by atomic mass is 19.3. The average molecular weight is 465 g/mol. The second-order valence-corrected chi connectivity index (χ2v) is 7.42. The van der Waals surface area contributed by atoms with E-state index < -0.39 is 42.4 Å². The van der Waals surface area contributed by atoms with E-state index in [4.69, 9.17) is 4.74 Å². The molecule has 1 saturated heterocycles. The lowest BCUT2D eigenvalue weighted by atomic mass is 9.92. The van der Waals surface area contributed by atoms with Gasteiger partial charge in [0.05, 0.1) is 7.11 Å². The van der Waals surface area contributed by atoms with Crippen molar-refractivity contribution in [3.05, 3.63) is 59.4 Å². The first-order chi connectivity index (χ1) is 15.6. The fraction of sp³-hybridized carbons (Fsp3) is 0.318. The Bertz CT molecular complexity index is 1050. The number of hydrogen-bond donors (Lipinski definition) is 2. The number of nitrogens with zero attached hydrogens (tertiary/aromatic N) is 1. The highest BCUT2D eigenvalue weighted by molar-refractivity contribution is 6.09. The molecule has 0 radical (unpaired) electrons. The first-order valence-electron chi connectivity index (χ1n) is 9.92. The van der Waals surface area contributed by atoms with Gasteiger partial charge in [-0.2, -0.15) is 8.78 Å². The predicted molar refractivity (Wildman–Crippen MR) is 110 cm³/mol. The third-order valence-electron chi connectivity index (χ3n) is 5.18. The van der Waals surface area contributed by atoms with Crippen molar-refractivity contribution in [1.82, 2.24) is 15.5 Å². The minimum Gasteiger partial charge on any atom is -0.493 e. The number of carbonyl (C=O) groups excluding carboxylic acids is 3. The lowest BCUT2D eigenvalue weighted by Crippen LogP contribution is -2.43. The molecule has 1 atom stereocenters. The number of amides is 4. The van der Waals surface area contributed by atoms with Crippen LogP contribution in [0.25, 0.3) is 0 Å². The standard InChI is InChI=1S/C22H22F3N3O5/c1-22(14-4-6-15(23)7-5-14)19(30)28(21(31)27-22)12-18(29)26-10-9-13-3-8-16(33-20(24)25)17(11-13)32-2/h3-8,11,20H,9-10,12H2,1-2H3,(H,26,29)(H,27,31). The fourth-order valence-corrected chi connectivity index (χ4v) is 3.43. The molecule has 2 aromatic carbocycles. The van der Waals surface area contributed by atoms with Crippen LogP contribution in [0.5, 0.6) is 11.5 Å². The second-order valence-electron chi connectivity index (χ2n) is 7.42. The summed E-state index contributed by atoms with van der Waals surface area (Å²) in [7, 11) is 1.32. The Kier molecular flexibility index (Phi) is 7.10. The number of urea groups is 1. The number of methoxy groups -OCH3 is 1. The van der Waals surface area contributed by atoms with Gasteiger partial charge in [-0.05, 0) is 48.7 Å². The van der Waals surface area contributed by atoms with Gasteiger partial charge in [0, 0.05) is 6.54 Å². The minimum atomic E-state index is -2.99. The number of nitrogens with one attached hydrogen (secondary N) is 2. The molecule has 1 heterocycles. The summed E-state index contributed by atoms with van der Waals surface area (Å²) in [6.45, 7) is -1.84. The van der Waals surface area contributed by atoms with Crippen molar-refractivity contribution in [2.45, 2.75) is 25.5 Å². The van der Waals surface area contributed by atoms with Gasteiger partial charge >= 0.3 is 12.6 Å². The molecule has 0 aromatic heterocycles. The van der Waals surface area contributed by atoms with Gasteiger partial charge in [-0.1, -0.05) is 18.2 Å². The van der Waals surface area contributed by atoms with Gasteiger partial charge in [0.1, 0.15) is 17.9 Å². The van der Waals surface area contributed by atoms with Gasteiger partial charge in [-0.25, -0.2) is 9.18 Å². The van der Waals surface area contributed by atoms with E-state index in [1.807, 2.05) is 0 Å². The van der Waals surface area contributed by atoms with Crippen molar-refractivity contribution < 1.29 is 37.0 Å². The predicted octanol–water partition coefficient (Wildman–Crippen LogP) is 2.56. The topological polar surface area (TPSA) is 97.0 Å². The van der Waals surface area contributed by atoms with Crippen LogP contribution in [0, 0.1) is 5.82 Å². The van der Waals surface area contributed by atoms with E-state index in [-0.39, 0.29) is 18.0 Å². The molecule has 2 aromatic rings. The minimum absolute atomic E-state index is 0.108. The number of carbonyl (C=O) groups is 3. The first-order valence-corrected chi connectivity index (χ1v) is 9.92. The Morgan fingerprint density at radius 3 is 2.48 bits per heavy atom. The van der Waals surface area contributed by atoms with E-state index >= 15 is 0 Å². The van der Waals surface area contributed by atoms with E-state index in [9.17, 15) is 27.6 Å². The maximum absolute atomic E-state index is 13.2. The number of imide groups is 1. The second kappa shape index (κ2) is 9.80. The maximum Gasteiger partial charge on any atom is 0.387 e. The molecule has 1 aliphatic heterocycles. The molecule has 0 saturated carbocycles. The first kappa shape index (κ1) is 23.9. The summed E-state index contributed by atoms with van der Waals surface area (Å²) >= 11 is 0. The number of rotatable bonds is 9. The van der Waals surface area contributed by atoms with E-state index in [2.05, 4.69) is 15.4 Å². The maximum atomic E-state index is 13.2. The van der Waals surface area contributed by atoms with Gasteiger partial charge in [0.25, 0.3) is 5.91 Å². The van der Waals surface area contributed by atoms with E-state index in [1.54, 1.807) is 6.07 Å². The van der Waals surface area contributed by atoms with Crippen LogP contribution < -0.4 is 20.1 Å². The van der Waals surface area contributed by atoms with Crippen LogP contribution in [-0.4, -0.2) is 49.6 Å². The van der Waals surface area contributed by atoms with E-state index in [0.717, 1.165) is 4.90 Å². The van der Waals surface area contributed by atoms with Crippen molar-refractivity contribution in [2.75, 3.05) is 20.2 Å². The molecule has 0 aliphatic carbocycles. The normalized spacial score (nSPS) is 17.8. The quantitative estimate of drug-likeness (QED) is 0.555. The summed E-state index contributed by atoms with van der Waals surface area (Å²) in [4.78, 5) is 38.2. The van der Waals surface area contributed by atoms with Gasteiger partial charge < -0.3 is 20.1 Å². The van der Waals surface area contributed by atoms with Crippen LogP contribution in [0.4, 0.5) is 18.0 Å². The summed E-state index contributed by atoms with van der Waals surface area (Å²) in [6, 6.07) is 8.80. The summed E-state index contributed by atoms with van der Waals surface area (Å²) < 4.78 is 47.4. The Labute approximate surface area is 187 Å². The number of ether oxygens (including phenoxy) is 2. The van der Waals surface area contributed by atoms with E-state index in [1.165, 1.54) is 50.4 Å². The van der Waals surface area contributed by atoms with Crippen molar-refractivity contribution in [3.8, 4) is 11.5 Å². The average Bonchev–Trinajstić information content (AvgIpc) is 2.98. The number of halogens is 3. The van der Waals surface area contributed by atoms with Crippen molar-refractivity contribution >= 4 is 17.8 Å². The third kappa shape index (κ3) is 5.36. The number of alkyl halides is 2. The Balaban J connectivity index is 1.56. The molecule has 1 unspecified atom stereocenters. The van der Waals surface area contributed by atoms with Crippen LogP contribution >= 0.6 is 0 Å². The molecule has 0 spiro atoms. The molecule has 176 valence electrons.